The number of nitrogens with one attached hydrogen (secondary N) is 1. The summed E-state index contributed by atoms with van der Waals surface area (Å²) >= 11 is 0. The van der Waals surface area contributed by atoms with Gasteiger partial charge in [-0.2, -0.15) is 10.2 Å². The molecule has 2 fully saturated rings. The number of hydrogen-bond acceptors (Lipinski definition) is 7. The number of rotatable bonds is 7. The van der Waals surface area contributed by atoms with Crippen molar-refractivity contribution < 1.29 is 17.6 Å². The molecule has 12 nitrogen and oxygen atoms in total. The second-order valence-corrected chi connectivity index (χ2v) is 14.0. The molecule has 1 saturated carbocycles. The van der Waals surface area contributed by atoms with Crippen LogP contribution >= 0.6 is 0 Å². The maximum Gasteiger partial charge on any atom is 0.262 e. The Labute approximate surface area is 242 Å². The highest BCUT2D eigenvalue weighted by Gasteiger charge is 2.42. The van der Waals surface area contributed by atoms with Crippen molar-refractivity contribution in [1.82, 2.24) is 33.6 Å². The molecule has 1 N–H and O–H groups in total. The predicted octanol–water partition coefficient (Wildman–Crippen LogP) is 2.05. The number of carbonyl (C=O) groups is 1. The largest absolute Gasteiger partial charge is 0.366 e. The first-order chi connectivity index (χ1) is 19.7. The maximum absolute atomic E-state index is 14.5. The molecule has 1 atom stereocenters. The molecule has 0 spiro atoms. The Morgan fingerprint density at radius 1 is 1.21 bits per heavy atom. The van der Waals surface area contributed by atoms with Crippen molar-refractivity contribution in [3.63, 3.8) is 0 Å². The lowest BCUT2D eigenvalue weighted by atomic mass is 10.1. The van der Waals surface area contributed by atoms with Gasteiger partial charge in [-0.1, -0.05) is 0 Å². The normalized spacial score (nSPS) is 19.1. The zero-order chi connectivity index (χ0) is 30.2. The van der Waals surface area contributed by atoms with Crippen LogP contribution in [0.4, 0.5) is 10.1 Å². The van der Waals surface area contributed by atoms with E-state index in [1.54, 1.807) is 45.3 Å². The lowest BCUT2D eigenvalue weighted by molar-refractivity contribution is -0.144. The average Bonchev–Trinajstić information content (AvgIpc) is 3.26. The third-order valence-corrected chi connectivity index (χ3v) is 9.80. The van der Waals surface area contributed by atoms with Crippen LogP contribution in [0.25, 0.3) is 16.6 Å². The Morgan fingerprint density at radius 3 is 2.57 bits per heavy atom. The minimum atomic E-state index is -3.97. The summed E-state index contributed by atoms with van der Waals surface area (Å²) in [6.07, 6.45) is 6.56. The van der Waals surface area contributed by atoms with Gasteiger partial charge in [-0.25, -0.2) is 22.0 Å². The zero-order valence-corrected chi connectivity index (χ0v) is 25.2. The first kappa shape index (κ1) is 28.3. The molecule has 0 radical (unpaired) electrons. The lowest BCUT2D eigenvalue weighted by Crippen LogP contribution is -2.57. The van der Waals surface area contributed by atoms with E-state index < -0.39 is 27.1 Å². The monoisotopic (exact) mass is 598 g/mol. The molecule has 4 aromatic rings. The number of alkyl halides is 1. The number of carbonyl (C=O) groups excluding carboxylic acids is 1. The average molecular weight is 599 g/mol. The van der Waals surface area contributed by atoms with Crippen molar-refractivity contribution in [2.75, 3.05) is 24.5 Å². The van der Waals surface area contributed by atoms with Gasteiger partial charge < -0.3 is 9.80 Å². The number of sulfonamides is 1. The fourth-order valence-electron chi connectivity index (χ4n) is 5.68. The van der Waals surface area contributed by atoms with Crippen molar-refractivity contribution in [2.45, 2.75) is 69.2 Å². The van der Waals surface area contributed by atoms with E-state index in [1.807, 2.05) is 24.9 Å². The Bertz CT molecular complexity index is 1880. The van der Waals surface area contributed by atoms with Crippen LogP contribution in [0.1, 0.15) is 46.1 Å². The number of anilines is 1. The van der Waals surface area contributed by atoms with Crippen LogP contribution < -0.4 is 15.2 Å². The molecule has 1 aliphatic heterocycles. The summed E-state index contributed by atoms with van der Waals surface area (Å²) in [4.78, 5) is 30.4. The summed E-state index contributed by atoms with van der Waals surface area (Å²) in [6.45, 7) is 7.26. The third-order valence-electron chi connectivity index (χ3n) is 8.18. The summed E-state index contributed by atoms with van der Waals surface area (Å²) in [5, 5.41) is 8.94. The Balaban J connectivity index is 1.53. The highest BCUT2D eigenvalue weighted by atomic mass is 32.2. The first-order valence-electron chi connectivity index (χ1n) is 14.0. The number of amides is 1. The van der Waals surface area contributed by atoms with Crippen LogP contribution in [-0.4, -0.2) is 80.1 Å². The van der Waals surface area contributed by atoms with E-state index in [2.05, 4.69) is 14.9 Å². The molecular weight excluding hydrogens is 563 g/mol. The van der Waals surface area contributed by atoms with Crippen molar-refractivity contribution in [1.29, 1.82) is 0 Å². The second kappa shape index (κ2) is 9.63. The molecule has 1 amide bonds. The molecule has 4 heterocycles. The van der Waals surface area contributed by atoms with Crippen LogP contribution in [0.2, 0.25) is 0 Å². The maximum atomic E-state index is 14.5. The van der Waals surface area contributed by atoms with E-state index in [4.69, 9.17) is 0 Å². The second-order valence-electron chi connectivity index (χ2n) is 12.3. The third kappa shape index (κ3) is 4.96. The molecule has 42 heavy (non-hydrogen) atoms. The van der Waals surface area contributed by atoms with Gasteiger partial charge in [0.15, 0.2) is 5.67 Å². The van der Waals surface area contributed by atoms with E-state index in [0.29, 0.717) is 29.9 Å². The Kier molecular flexibility index (Phi) is 6.50. The SMILES string of the molecule is C[C@@H]1CN(c2cc(S(=O)(=O)NC3(C)CC3)cc3c(=O)n(Cc4cnn(C)c4)c4ccnn4c23)CCN1C(=O)C(C)(C)F. The van der Waals surface area contributed by atoms with E-state index in [0.717, 1.165) is 18.4 Å². The summed E-state index contributed by atoms with van der Waals surface area (Å²) in [6, 6.07) is 4.37. The molecule has 14 heteroatoms. The Hall–Kier alpha value is -3.78. The number of aromatic nitrogens is 5. The van der Waals surface area contributed by atoms with Gasteiger partial charge in [-0.3, -0.25) is 18.8 Å². The number of aryl methyl sites for hydroxylation is 1. The van der Waals surface area contributed by atoms with Gasteiger partial charge in [-0.15, -0.1) is 0 Å². The summed E-state index contributed by atoms with van der Waals surface area (Å²) in [7, 11) is -2.18. The van der Waals surface area contributed by atoms with E-state index in [1.165, 1.54) is 24.8 Å². The number of piperazine rings is 1. The number of hydrogen-bond donors (Lipinski definition) is 1. The molecule has 3 aromatic heterocycles. The number of benzene rings is 1. The van der Waals surface area contributed by atoms with Gasteiger partial charge in [0, 0.05) is 56.1 Å². The molecule has 0 unspecified atom stereocenters. The van der Waals surface area contributed by atoms with E-state index in [-0.39, 0.29) is 35.0 Å². The van der Waals surface area contributed by atoms with Gasteiger partial charge >= 0.3 is 0 Å². The molecule has 1 aromatic carbocycles. The molecule has 0 bridgehead atoms. The van der Waals surface area contributed by atoms with Gasteiger partial charge in [0.1, 0.15) is 11.2 Å². The highest BCUT2D eigenvalue weighted by molar-refractivity contribution is 7.89. The van der Waals surface area contributed by atoms with Crippen molar-refractivity contribution >= 4 is 38.2 Å². The lowest BCUT2D eigenvalue weighted by Gasteiger charge is -2.42. The number of nitrogens with zero attached hydrogens (tertiary/aromatic N) is 7. The quantitative estimate of drug-likeness (QED) is 0.345. The molecule has 224 valence electrons. The van der Waals surface area contributed by atoms with Crippen LogP contribution in [-0.2, 0) is 28.4 Å². The van der Waals surface area contributed by atoms with Gasteiger partial charge in [-0.05, 0) is 52.7 Å². The van der Waals surface area contributed by atoms with Crippen LogP contribution in [0.15, 0.2) is 46.5 Å². The standard InChI is InChI=1S/C28H35FN8O4S/c1-18-15-34(10-11-35(18)26(39)27(2,3)29)22-13-20(42(40,41)32-28(4)7-8-28)12-21-24(22)37-23(6-9-30-37)36(25(21)38)17-19-14-31-33(5)16-19/h6,9,12-14,16,18,32H,7-8,10-11,15,17H2,1-5H3/t18-/m1/s1. The predicted molar refractivity (Wildman–Crippen MR) is 156 cm³/mol. The van der Waals surface area contributed by atoms with Crippen LogP contribution in [0.5, 0.6) is 0 Å². The van der Waals surface area contributed by atoms with Crippen molar-refractivity contribution in [2.24, 2.45) is 7.05 Å². The molecule has 6 rings (SSSR count). The number of halogens is 1. The summed E-state index contributed by atoms with van der Waals surface area (Å²) in [5.41, 5.74) is -0.567. The topological polar surface area (TPSA) is 127 Å². The molecule has 2 aliphatic rings. The fourth-order valence-corrected chi connectivity index (χ4v) is 7.19. The molecule has 1 saturated heterocycles. The number of fused-ring (bicyclic) bond motifs is 3. The zero-order valence-electron chi connectivity index (χ0n) is 24.3. The van der Waals surface area contributed by atoms with Crippen LogP contribution in [0.3, 0.4) is 0 Å². The van der Waals surface area contributed by atoms with Crippen molar-refractivity contribution in [3.05, 3.63) is 52.7 Å². The van der Waals surface area contributed by atoms with Gasteiger partial charge in [0.2, 0.25) is 10.0 Å². The molecular formula is C28H35FN8O4S. The fraction of sp³-hybridized carbons (Fsp3) is 0.500. The van der Waals surface area contributed by atoms with Crippen LogP contribution in [0, 0.1) is 0 Å². The smallest absolute Gasteiger partial charge is 0.262 e. The van der Waals surface area contributed by atoms with E-state index >= 15 is 0 Å². The minimum Gasteiger partial charge on any atom is -0.366 e. The molecule has 1 aliphatic carbocycles. The highest BCUT2D eigenvalue weighted by Crippen LogP contribution is 2.37. The van der Waals surface area contributed by atoms with E-state index in [9.17, 15) is 22.4 Å². The van der Waals surface area contributed by atoms with Gasteiger partial charge in [0.25, 0.3) is 11.5 Å². The first-order valence-corrected chi connectivity index (χ1v) is 15.5. The van der Waals surface area contributed by atoms with Crippen molar-refractivity contribution in [3.8, 4) is 0 Å². The summed E-state index contributed by atoms with van der Waals surface area (Å²) in [5.74, 6) is -0.592. The summed E-state index contributed by atoms with van der Waals surface area (Å²) < 4.78 is 49.4. The minimum absolute atomic E-state index is 0.0225. The Morgan fingerprint density at radius 2 is 1.95 bits per heavy atom. The van der Waals surface area contributed by atoms with Gasteiger partial charge in [0.05, 0.1) is 34.9 Å².